The third-order valence-electron chi connectivity index (χ3n) is 6.13. The maximum absolute atomic E-state index is 14.8. The van der Waals surface area contributed by atoms with Gasteiger partial charge in [-0.15, -0.1) is 0 Å². The summed E-state index contributed by atoms with van der Waals surface area (Å²) in [6.45, 7) is -0.0123. The first-order valence-electron chi connectivity index (χ1n) is 10.7. The third kappa shape index (κ3) is 4.32. The molecule has 2 aliphatic heterocycles. The van der Waals surface area contributed by atoms with E-state index in [9.17, 15) is 28.0 Å². The van der Waals surface area contributed by atoms with Crippen molar-refractivity contribution >= 4 is 61.8 Å². The zero-order valence-electron chi connectivity index (χ0n) is 18.5. The van der Waals surface area contributed by atoms with Crippen molar-refractivity contribution in [1.82, 2.24) is 15.5 Å². The van der Waals surface area contributed by atoms with Crippen molar-refractivity contribution in [2.45, 2.75) is 37.9 Å². The summed E-state index contributed by atoms with van der Waals surface area (Å²) in [6.07, 6.45) is 0.390. The predicted octanol–water partition coefficient (Wildman–Crippen LogP) is -0.974. The average Bonchev–Trinajstić information content (AvgIpc) is 3.10. The molecule has 1 saturated heterocycles. The summed E-state index contributed by atoms with van der Waals surface area (Å²) in [4.78, 5) is 50.0. The molecule has 1 unspecified atom stereocenters. The van der Waals surface area contributed by atoms with Gasteiger partial charge in [0, 0.05) is 35.7 Å². The molecule has 12 heteroatoms. The third-order valence-corrected chi connectivity index (χ3v) is 6.72. The number of imide groups is 1. The number of carbonyl (C=O) groups is 4. The molecule has 0 saturated carbocycles. The Hall–Kier alpha value is -3.20. The molecule has 1 atom stereocenters. The number of hydrogen-bond donors (Lipinski definition) is 2. The number of nitrogens with zero attached hydrogens (tertiary/aromatic N) is 1. The molecule has 0 bridgehead atoms. The van der Waals surface area contributed by atoms with Gasteiger partial charge in [0.05, 0.1) is 0 Å². The molecule has 34 heavy (non-hydrogen) atoms. The van der Waals surface area contributed by atoms with Crippen molar-refractivity contribution in [1.29, 1.82) is 0 Å². The smallest absolute Gasteiger partial charge is 0.346 e. The minimum atomic E-state index is -3.75. The second-order valence-corrected chi connectivity index (χ2v) is 8.95. The van der Waals surface area contributed by atoms with Gasteiger partial charge in [0.1, 0.15) is 21.7 Å². The van der Waals surface area contributed by atoms with E-state index in [4.69, 9.17) is 11.6 Å². The van der Waals surface area contributed by atoms with Crippen LogP contribution in [0.1, 0.15) is 39.9 Å². The lowest BCUT2D eigenvalue weighted by molar-refractivity contribution is -0.147. The SMILES string of the molecule is Bc1cc(C(F)(F)C(=O)NCc2ccc3c(c2)CN(C2CCC(=O)NC2=O)C3=O)cc(B)c1Cl. The number of halogens is 3. The fourth-order valence-electron chi connectivity index (χ4n) is 4.29. The van der Waals surface area contributed by atoms with Crippen LogP contribution in [-0.2, 0) is 33.4 Å². The first kappa shape index (κ1) is 23.9. The first-order valence-corrected chi connectivity index (χ1v) is 11.1. The van der Waals surface area contributed by atoms with Crippen molar-refractivity contribution in [2.75, 3.05) is 0 Å². The molecule has 4 rings (SSSR count). The average molecular weight is 485 g/mol. The van der Waals surface area contributed by atoms with Gasteiger partial charge in [-0.2, -0.15) is 8.78 Å². The van der Waals surface area contributed by atoms with Crippen LogP contribution in [0.5, 0.6) is 0 Å². The maximum Gasteiger partial charge on any atom is 0.349 e. The summed E-state index contributed by atoms with van der Waals surface area (Å²) in [7, 11) is 3.19. The molecular formula is C22H20B2ClF2N3O4. The van der Waals surface area contributed by atoms with E-state index in [1.807, 2.05) is 0 Å². The molecule has 2 N–H and O–H groups in total. The van der Waals surface area contributed by atoms with E-state index in [2.05, 4.69) is 10.6 Å². The molecule has 2 aliphatic rings. The second-order valence-electron chi connectivity index (χ2n) is 8.57. The first-order chi connectivity index (χ1) is 16.0. The normalized spacial score (nSPS) is 18.0. The quantitative estimate of drug-likeness (QED) is 0.421. The number of hydrogen-bond acceptors (Lipinski definition) is 4. The van der Waals surface area contributed by atoms with Crippen LogP contribution in [0.3, 0.4) is 0 Å². The minimum absolute atomic E-state index is 0.148. The Morgan fingerprint density at radius 3 is 2.50 bits per heavy atom. The molecule has 0 aromatic heterocycles. The molecule has 0 aliphatic carbocycles. The van der Waals surface area contributed by atoms with E-state index < -0.39 is 29.3 Å². The lowest BCUT2D eigenvalue weighted by Gasteiger charge is -2.29. The van der Waals surface area contributed by atoms with Crippen LogP contribution in [0.4, 0.5) is 8.78 Å². The van der Waals surface area contributed by atoms with Gasteiger partial charge in [0.2, 0.25) is 11.8 Å². The van der Waals surface area contributed by atoms with Gasteiger partial charge >= 0.3 is 5.92 Å². The van der Waals surface area contributed by atoms with Crippen molar-refractivity contribution in [3.05, 3.63) is 57.6 Å². The van der Waals surface area contributed by atoms with E-state index in [0.29, 0.717) is 32.6 Å². The highest BCUT2D eigenvalue weighted by atomic mass is 35.5. The summed E-state index contributed by atoms with van der Waals surface area (Å²) >= 11 is 6.04. The molecule has 0 radical (unpaired) electrons. The highest BCUT2D eigenvalue weighted by Gasteiger charge is 2.42. The summed E-state index contributed by atoms with van der Waals surface area (Å²) in [5.74, 6) is -6.42. The van der Waals surface area contributed by atoms with Crippen LogP contribution in [0.2, 0.25) is 5.02 Å². The fraction of sp³-hybridized carbons (Fsp3) is 0.273. The predicted molar refractivity (Wildman–Crippen MR) is 126 cm³/mol. The number of amides is 4. The Kier molecular flexibility index (Phi) is 6.24. The Morgan fingerprint density at radius 2 is 1.85 bits per heavy atom. The van der Waals surface area contributed by atoms with Gasteiger partial charge in [-0.1, -0.05) is 46.8 Å². The molecule has 4 amide bonds. The Labute approximate surface area is 201 Å². The van der Waals surface area contributed by atoms with E-state index in [1.54, 1.807) is 33.9 Å². The van der Waals surface area contributed by atoms with Gasteiger partial charge in [-0.05, 0) is 23.6 Å². The number of benzene rings is 2. The second kappa shape index (κ2) is 8.87. The van der Waals surface area contributed by atoms with Gasteiger partial charge in [0.25, 0.3) is 11.8 Å². The highest BCUT2D eigenvalue weighted by molar-refractivity contribution is 6.52. The number of alkyl halides is 2. The Morgan fingerprint density at radius 1 is 1.18 bits per heavy atom. The largest absolute Gasteiger partial charge is 0.349 e. The highest BCUT2D eigenvalue weighted by Crippen LogP contribution is 2.30. The maximum atomic E-state index is 14.8. The molecule has 1 fully saturated rings. The Bertz CT molecular complexity index is 1220. The number of fused-ring (bicyclic) bond motifs is 1. The molecule has 174 valence electrons. The molecule has 0 spiro atoms. The summed E-state index contributed by atoms with van der Waals surface area (Å²) < 4.78 is 29.5. The van der Waals surface area contributed by atoms with Crippen LogP contribution in [-0.4, -0.2) is 50.3 Å². The molecule has 7 nitrogen and oxygen atoms in total. The monoisotopic (exact) mass is 485 g/mol. The van der Waals surface area contributed by atoms with Crippen molar-refractivity contribution < 1.29 is 28.0 Å². The van der Waals surface area contributed by atoms with Gasteiger partial charge < -0.3 is 10.2 Å². The lowest BCUT2D eigenvalue weighted by atomic mass is 9.84. The van der Waals surface area contributed by atoms with Gasteiger partial charge in [0.15, 0.2) is 0 Å². The molecular weight excluding hydrogens is 465 g/mol. The van der Waals surface area contributed by atoms with Crippen molar-refractivity contribution in [3.8, 4) is 0 Å². The lowest BCUT2D eigenvalue weighted by Crippen LogP contribution is -2.52. The summed E-state index contributed by atoms with van der Waals surface area (Å²) in [6, 6.07) is 6.41. The van der Waals surface area contributed by atoms with Crippen LogP contribution < -0.4 is 21.6 Å². The van der Waals surface area contributed by atoms with Gasteiger partial charge in [-0.3, -0.25) is 24.5 Å². The van der Waals surface area contributed by atoms with E-state index in [1.165, 1.54) is 17.0 Å². The number of carbonyl (C=O) groups excluding carboxylic acids is 4. The summed E-state index contributed by atoms with van der Waals surface area (Å²) in [5, 5.41) is 4.87. The van der Waals surface area contributed by atoms with Crippen molar-refractivity contribution in [3.63, 3.8) is 0 Å². The topological polar surface area (TPSA) is 95.6 Å². The zero-order chi connectivity index (χ0) is 24.8. The number of rotatable bonds is 5. The fourth-order valence-corrected chi connectivity index (χ4v) is 4.40. The number of nitrogens with one attached hydrogen (secondary N) is 2. The zero-order valence-corrected chi connectivity index (χ0v) is 19.3. The standard InChI is InChI=1S/C22H20B2ClF2N3O4/c23-14-6-12(7-15(24)18(14)25)22(26,27)21(34)28-8-10-1-2-13-11(5-10)9-30(20(13)33)16-3-4-17(31)29-19(16)32/h1-2,5-7,16H,3-4,8-9,23-24H2,(H,28,34)(H,29,31,32). The molecule has 2 heterocycles. The van der Waals surface area contributed by atoms with E-state index in [-0.39, 0.29) is 37.7 Å². The van der Waals surface area contributed by atoms with Crippen LogP contribution in [0, 0.1) is 0 Å². The number of piperidine rings is 1. The van der Waals surface area contributed by atoms with E-state index in [0.717, 1.165) is 0 Å². The van der Waals surface area contributed by atoms with Crippen LogP contribution in [0.15, 0.2) is 30.3 Å². The van der Waals surface area contributed by atoms with Crippen LogP contribution >= 0.6 is 11.6 Å². The molecule has 2 aromatic rings. The van der Waals surface area contributed by atoms with Crippen LogP contribution in [0.25, 0.3) is 0 Å². The minimum Gasteiger partial charge on any atom is -0.346 e. The Balaban J connectivity index is 1.45. The van der Waals surface area contributed by atoms with Crippen molar-refractivity contribution in [2.24, 2.45) is 0 Å². The molecule has 2 aromatic carbocycles. The van der Waals surface area contributed by atoms with E-state index >= 15 is 0 Å². The van der Waals surface area contributed by atoms with Gasteiger partial charge in [-0.25, -0.2) is 0 Å². The summed E-state index contributed by atoms with van der Waals surface area (Å²) in [5.41, 5.74) is 2.02.